The van der Waals surface area contributed by atoms with E-state index in [1.807, 2.05) is 29.6 Å². The van der Waals surface area contributed by atoms with E-state index in [-0.39, 0.29) is 0 Å². The maximum absolute atomic E-state index is 5.81. The molecule has 3 heterocycles. The van der Waals surface area contributed by atoms with Gasteiger partial charge in [0, 0.05) is 38.3 Å². The first-order chi connectivity index (χ1) is 13.7. The van der Waals surface area contributed by atoms with Crippen molar-refractivity contribution in [3.63, 3.8) is 0 Å². The van der Waals surface area contributed by atoms with Gasteiger partial charge in [0.1, 0.15) is 11.5 Å². The third-order valence-electron chi connectivity index (χ3n) is 4.90. The summed E-state index contributed by atoms with van der Waals surface area (Å²) >= 11 is 1.61. The molecule has 0 aliphatic carbocycles. The second-order valence-corrected chi connectivity index (χ2v) is 7.66. The Balaban J connectivity index is 1.31. The van der Waals surface area contributed by atoms with Crippen LogP contribution >= 0.6 is 11.3 Å². The summed E-state index contributed by atoms with van der Waals surface area (Å²) in [4.78, 5) is 5.79. The lowest BCUT2D eigenvalue weighted by atomic mass is 10.1. The molecule has 0 amide bonds. The van der Waals surface area contributed by atoms with E-state index in [9.17, 15) is 0 Å². The first-order valence-corrected chi connectivity index (χ1v) is 10.1. The number of piperazine rings is 1. The van der Waals surface area contributed by atoms with Crippen molar-refractivity contribution in [2.75, 3.05) is 40.4 Å². The van der Waals surface area contributed by atoms with Gasteiger partial charge in [0.05, 0.1) is 25.6 Å². The zero-order chi connectivity index (χ0) is 19.3. The molecule has 148 valence electrons. The number of methoxy groups -OCH3 is 2. The van der Waals surface area contributed by atoms with Crippen LogP contribution in [0.1, 0.15) is 11.5 Å². The number of rotatable bonds is 7. The highest BCUT2D eigenvalue weighted by Gasteiger charge is 2.20. The number of benzene rings is 1. The summed E-state index contributed by atoms with van der Waals surface area (Å²) in [6.07, 6.45) is 0. The lowest BCUT2D eigenvalue weighted by molar-refractivity contribution is 0.114. The molecule has 3 aromatic rings. The molecule has 0 N–H and O–H groups in total. The summed E-state index contributed by atoms with van der Waals surface area (Å²) in [7, 11) is 3.39. The van der Waals surface area contributed by atoms with Gasteiger partial charge < -0.3 is 13.9 Å². The number of hydrogen-bond donors (Lipinski definition) is 0. The van der Waals surface area contributed by atoms with Crippen LogP contribution in [0.15, 0.2) is 40.1 Å². The molecule has 4 rings (SSSR count). The minimum absolute atomic E-state index is 0.605. The fraction of sp³-hybridized carbons (Fsp3) is 0.400. The fourth-order valence-corrected chi connectivity index (χ4v) is 4.00. The summed E-state index contributed by atoms with van der Waals surface area (Å²) in [5.41, 5.74) is 1.15. The maximum Gasteiger partial charge on any atom is 0.257 e. The zero-order valence-electron chi connectivity index (χ0n) is 16.1. The van der Waals surface area contributed by atoms with E-state index >= 15 is 0 Å². The minimum Gasteiger partial charge on any atom is -0.497 e. The number of thiophene rings is 1. The van der Waals surface area contributed by atoms with Crippen molar-refractivity contribution in [3.8, 4) is 22.3 Å². The van der Waals surface area contributed by atoms with Crippen molar-refractivity contribution in [1.82, 2.24) is 20.0 Å². The third-order valence-corrected chi connectivity index (χ3v) is 5.76. The van der Waals surface area contributed by atoms with Crippen LogP contribution in [0.25, 0.3) is 10.8 Å². The molecule has 1 aliphatic heterocycles. The van der Waals surface area contributed by atoms with E-state index < -0.39 is 0 Å². The molecular weight excluding hydrogens is 376 g/mol. The highest BCUT2D eigenvalue weighted by Crippen LogP contribution is 2.26. The summed E-state index contributed by atoms with van der Waals surface area (Å²) in [6.45, 7) is 5.41. The van der Waals surface area contributed by atoms with Gasteiger partial charge in [0.25, 0.3) is 5.89 Å². The summed E-state index contributed by atoms with van der Waals surface area (Å²) in [5.74, 6) is 3.03. The predicted molar refractivity (Wildman–Crippen MR) is 108 cm³/mol. The molecule has 0 spiro atoms. The molecule has 0 bridgehead atoms. The molecule has 1 saturated heterocycles. The Morgan fingerprint density at radius 1 is 1.00 bits per heavy atom. The van der Waals surface area contributed by atoms with Gasteiger partial charge in [-0.3, -0.25) is 9.80 Å². The molecule has 7 nitrogen and oxygen atoms in total. The monoisotopic (exact) mass is 400 g/mol. The van der Waals surface area contributed by atoms with Crippen LogP contribution in [0.2, 0.25) is 0 Å². The Morgan fingerprint density at radius 2 is 1.79 bits per heavy atom. The molecule has 0 saturated carbocycles. The van der Waals surface area contributed by atoms with E-state index in [0.717, 1.165) is 54.7 Å². The lowest BCUT2D eigenvalue weighted by Gasteiger charge is -2.34. The third kappa shape index (κ3) is 4.35. The van der Waals surface area contributed by atoms with Crippen LogP contribution in [-0.2, 0) is 13.1 Å². The predicted octanol–water partition coefficient (Wildman–Crippen LogP) is 3.13. The van der Waals surface area contributed by atoms with E-state index in [0.29, 0.717) is 18.3 Å². The molecular formula is C20H24N4O3S. The fourth-order valence-electron chi connectivity index (χ4n) is 3.36. The van der Waals surface area contributed by atoms with Crippen molar-refractivity contribution < 1.29 is 13.9 Å². The summed E-state index contributed by atoms with van der Waals surface area (Å²) < 4.78 is 16.7. The van der Waals surface area contributed by atoms with Crippen LogP contribution in [0.5, 0.6) is 11.5 Å². The summed E-state index contributed by atoms with van der Waals surface area (Å²) in [6, 6.07) is 9.92. The second kappa shape index (κ2) is 8.72. The minimum atomic E-state index is 0.605. The standard InChI is InChI=1S/C20H24N4O3S/c1-25-16-5-6-17(26-2)15(12-16)13-23-7-9-24(10-8-23)14-19-21-22-20(27-19)18-4-3-11-28-18/h3-6,11-12H,7-10,13-14H2,1-2H3. The maximum atomic E-state index is 5.81. The molecule has 0 radical (unpaired) electrons. The Morgan fingerprint density at radius 3 is 2.46 bits per heavy atom. The Hall–Kier alpha value is -2.42. The highest BCUT2D eigenvalue weighted by atomic mass is 32.1. The Bertz CT molecular complexity index is 889. The molecule has 0 unspecified atom stereocenters. The average molecular weight is 401 g/mol. The van der Waals surface area contributed by atoms with Crippen LogP contribution in [0.3, 0.4) is 0 Å². The van der Waals surface area contributed by atoms with Crippen molar-refractivity contribution >= 4 is 11.3 Å². The van der Waals surface area contributed by atoms with Gasteiger partial charge in [-0.05, 0) is 29.6 Å². The van der Waals surface area contributed by atoms with E-state index in [4.69, 9.17) is 13.9 Å². The van der Waals surface area contributed by atoms with Gasteiger partial charge >= 0.3 is 0 Å². The first-order valence-electron chi connectivity index (χ1n) is 9.27. The largest absolute Gasteiger partial charge is 0.497 e. The molecule has 1 aromatic carbocycles. The first kappa shape index (κ1) is 18.9. The van der Waals surface area contributed by atoms with E-state index in [1.54, 1.807) is 25.6 Å². The SMILES string of the molecule is COc1ccc(OC)c(CN2CCN(Cc3nnc(-c4cccs4)o3)CC2)c1. The van der Waals surface area contributed by atoms with Crippen LogP contribution < -0.4 is 9.47 Å². The van der Waals surface area contributed by atoms with E-state index in [2.05, 4.69) is 26.1 Å². The van der Waals surface area contributed by atoms with Crippen molar-refractivity contribution in [1.29, 1.82) is 0 Å². The topological polar surface area (TPSA) is 63.9 Å². The molecule has 1 aliphatic rings. The van der Waals surface area contributed by atoms with Crippen LogP contribution in [-0.4, -0.2) is 60.4 Å². The number of hydrogen-bond acceptors (Lipinski definition) is 8. The quantitative estimate of drug-likeness (QED) is 0.604. The Labute approximate surface area is 168 Å². The Kier molecular flexibility index (Phi) is 5.90. The van der Waals surface area contributed by atoms with Gasteiger partial charge in [0.15, 0.2) is 0 Å². The van der Waals surface area contributed by atoms with Crippen LogP contribution in [0.4, 0.5) is 0 Å². The molecule has 28 heavy (non-hydrogen) atoms. The van der Waals surface area contributed by atoms with Gasteiger partial charge in [-0.25, -0.2) is 0 Å². The highest BCUT2D eigenvalue weighted by molar-refractivity contribution is 7.13. The van der Waals surface area contributed by atoms with Crippen molar-refractivity contribution in [2.45, 2.75) is 13.1 Å². The molecule has 8 heteroatoms. The second-order valence-electron chi connectivity index (χ2n) is 6.71. The molecule has 2 aromatic heterocycles. The lowest BCUT2D eigenvalue weighted by Crippen LogP contribution is -2.45. The number of aromatic nitrogens is 2. The smallest absolute Gasteiger partial charge is 0.257 e. The van der Waals surface area contributed by atoms with Crippen molar-refractivity contribution in [2.24, 2.45) is 0 Å². The van der Waals surface area contributed by atoms with Crippen molar-refractivity contribution in [3.05, 3.63) is 47.2 Å². The zero-order valence-corrected chi connectivity index (χ0v) is 16.9. The average Bonchev–Trinajstić information content (AvgIpc) is 3.41. The van der Waals surface area contributed by atoms with Gasteiger partial charge in [-0.2, -0.15) is 0 Å². The normalized spacial score (nSPS) is 15.6. The van der Waals surface area contributed by atoms with Gasteiger partial charge in [-0.1, -0.05) is 6.07 Å². The molecule has 1 fully saturated rings. The van der Waals surface area contributed by atoms with Crippen LogP contribution in [0, 0.1) is 0 Å². The number of ether oxygens (including phenoxy) is 2. The van der Waals surface area contributed by atoms with Gasteiger partial charge in [-0.15, -0.1) is 21.5 Å². The van der Waals surface area contributed by atoms with Gasteiger partial charge in [0.2, 0.25) is 5.89 Å². The van der Waals surface area contributed by atoms with E-state index in [1.165, 1.54) is 0 Å². The number of nitrogens with zero attached hydrogens (tertiary/aromatic N) is 4. The summed E-state index contributed by atoms with van der Waals surface area (Å²) in [5, 5.41) is 10.4. The molecule has 0 atom stereocenters.